The van der Waals surface area contributed by atoms with Crippen molar-refractivity contribution in [2.75, 3.05) is 19.5 Å². The number of pyridine rings is 1. The highest BCUT2D eigenvalue weighted by Crippen LogP contribution is 2.34. The lowest BCUT2D eigenvalue weighted by atomic mass is 9.93. The summed E-state index contributed by atoms with van der Waals surface area (Å²) in [6.07, 6.45) is 6.50. The minimum Gasteiger partial charge on any atom is -0.482 e. The summed E-state index contributed by atoms with van der Waals surface area (Å²) in [7, 11) is 2.93. The van der Waals surface area contributed by atoms with E-state index in [1.54, 1.807) is 25.5 Å². The molecule has 1 saturated carbocycles. The highest BCUT2D eigenvalue weighted by molar-refractivity contribution is 6.17. The first kappa shape index (κ1) is 17.6. The van der Waals surface area contributed by atoms with Crippen LogP contribution in [0, 0.1) is 0 Å². The average molecular weight is 355 g/mol. The number of rotatable bonds is 6. The van der Waals surface area contributed by atoms with Crippen molar-refractivity contribution in [1.82, 2.24) is 19.7 Å². The van der Waals surface area contributed by atoms with E-state index in [1.807, 2.05) is 10.6 Å². The first-order chi connectivity index (χ1) is 12.6. The summed E-state index contributed by atoms with van der Waals surface area (Å²) >= 11 is 0. The van der Waals surface area contributed by atoms with Crippen LogP contribution >= 0.6 is 0 Å². The Morgan fingerprint density at radius 2 is 2.27 bits per heavy atom. The monoisotopic (exact) mass is 355 g/mol. The molecule has 9 heteroatoms. The lowest BCUT2D eigenvalue weighted by molar-refractivity contribution is -0.112. The third kappa shape index (κ3) is 3.56. The van der Waals surface area contributed by atoms with Gasteiger partial charge in [0.2, 0.25) is 0 Å². The van der Waals surface area contributed by atoms with E-state index in [9.17, 15) is 4.79 Å². The molecule has 3 N–H and O–H groups in total. The molecule has 9 nitrogen and oxygen atoms in total. The van der Waals surface area contributed by atoms with E-state index in [-0.39, 0.29) is 11.5 Å². The van der Waals surface area contributed by atoms with Crippen LogP contribution in [0.4, 0.5) is 5.82 Å². The summed E-state index contributed by atoms with van der Waals surface area (Å²) in [5.74, 6) is 0.587. The van der Waals surface area contributed by atoms with Crippen molar-refractivity contribution >= 4 is 17.9 Å². The zero-order valence-electron chi connectivity index (χ0n) is 14.7. The smallest absolute Gasteiger partial charge is 0.263 e. The molecule has 1 aliphatic rings. The van der Waals surface area contributed by atoms with Gasteiger partial charge in [-0.05, 0) is 31.4 Å². The highest BCUT2D eigenvalue weighted by Gasteiger charge is 2.23. The first-order valence-electron chi connectivity index (χ1n) is 8.28. The van der Waals surface area contributed by atoms with Gasteiger partial charge in [-0.1, -0.05) is 6.07 Å². The van der Waals surface area contributed by atoms with Gasteiger partial charge in [-0.3, -0.25) is 9.79 Å². The molecule has 1 aliphatic carbocycles. The van der Waals surface area contributed by atoms with E-state index >= 15 is 0 Å². The van der Waals surface area contributed by atoms with Crippen LogP contribution in [0.2, 0.25) is 0 Å². The molecule has 0 aliphatic heterocycles. The Labute approximate surface area is 151 Å². The van der Waals surface area contributed by atoms with Crippen LogP contribution in [0.1, 0.15) is 25.3 Å². The fraction of sp³-hybridized carbons (Fsp3) is 0.353. The second kappa shape index (κ2) is 7.77. The van der Waals surface area contributed by atoms with Crippen LogP contribution in [-0.4, -0.2) is 46.0 Å². The van der Waals surface area contributed by atoms with Crippen molar-refractivity contribution in [3.05, 3.63) is 36.0 Å². The summed E-state index contributed by atoms with van der Waals surface area (Å²) in [4.78, 5) is 20.7. The van der Waals surface area contributed by atoms with Gasteiger partial charge in [0, 0.05) is 19.3 Å². The molecule has 2 heterocycles. The molecule has 136 valence electrons. The third-order valence-corrected chi connectivity index (χ3v) is 4.25. The number of nitrogens with zero attached hydrogens (tertiary/aromatic N) is 5. The van der Waals surface area contributed by atoms with Gasteiger partial charge in [-0.25, -0.2) is 4.98 Å². The maximum absolute atomic E-state index is 12.4. The molecule has 0 unspecified atom stereocenters. The van der Waals surface area contributed by atoms with E-state index < -0.39 is 5.91 Å². The predicted octanol–water partition coefficient (Wildman–Crippen LogP) is 1.52. The maximum atomic E-state index is 12.4. The number of carbonyl (C=O) groups is 1. The van der Waals surface area contributed by atoms with Gasteiger partial charge in [0.15, 0.2) is 11.7 Å². The lowest BCUT2D eigenvalue weighted by Gasteiger charge is -2.27. The molecule has 3 rings (SSSR count). The third-order valence-electron chi connectivity index (χ3n) is 4.25. The number of ether oxygens (including phenoxy) is 1. The molecule has 0 spiro atoms. The van der Waals surface area contributed by atoms with Crippen LogP contribution in [0.5, 0.6) is 0 Å². The summed E-state index contributed by atoms with van der Waals surface area (Å²) in [5.41, 5.74) is 6.47. The number of anilines is 1. The number of nitrogens with one attached hydrogen (secondary N) is 1. The van der Waals surface area contributed by atoms with Gasteiger partial charge in [0.25, 0.3) is 5.91 Å². The lowest BCUT2D eigenvalue weighted by Crippen LogP contribution is -2.21. The van der Waals surface area contributed by atoms with Crippen LogP contribution in [-0.2, 0) is 9.53 Å². The van der Waals surface area contributed by atoms with E-state index in [4.69, 9.17) is 10.5 Å². The van der Waals surface area contributed by atoms with Gasteiger partial charge in [0.1, 0.15) is 23.4 Å². The van der Waals surface area contributed by atoms with Gasteiger partial charge in [0.05, 0.1) is 7.11 Å². The second-order valence-electron chi connectivity index (χ2n) is 5.88. The molecule has 1 amide bonds. The molecular weight excluding hydrogens is 334 g/mol. The number of aliphatic imine (C=N–C) groups is 1. The van der Waals surface area contributed by atoms with E-state index in [1.165, 1.54) is 19.7 Å². The molecule has 0 radical (unpaired) electrons. The largest absolute Gasteiger partial charge is 0.482 e. The maximum Gasteiger partial charge on any atom is 0.263 e. The van der Waals surface area contributed by atoms with Crippen molar-refractivity contribution in [3.8, 4) is 11.5 Å². The second-order valence-corrected chi connectivity index (χ2v) is 5.88. The molecule has 2 aromatic rings. The van der Waals surface area contributed by atoms with E-state index in [0.717, 1.165) is 12.8 Å². The van der Waals surface area contributed by atoms with Crippen molar-refractivity contribution in [2.24, 2.45) is 10.7 Å². The molecule has 0 atom stereocenters. The van der Waals surface area contributed by atoms with Crippen LogP contribution in [0.15, 0.2) is 41.0 Å². The Bertz CT molecular complexity index is 852. The molecular formula is C17H21N7O2. The van der Waals surface area contributed by atoms with E-state index in [2.05, 4.69) is 25.5 Å². The Kier molecular flexibility index (Phi) is 5.26. The molecule has 0 saturated heterocycles. The van der Waals surface area contributed by atoms with Crippen LogP contribution < -0.4 is 11.1 Å². The van der Waals surface area contributed by atoms with Gasteiger partial charge in [-0.15, -0.1) is 10.2 Å². The van der Waals surface area contributed by atoms with Crippen molar-refractivity contribution in [3.63, 3.8) is 0 Å². The fourth-order valence-electron chi connectivity index (χ4n) is 2.64. The number of hydrogen-bond donors (Lipinski definition) is 2. The summed E-state index contributed by atoms with van der Waals surface area (Å²) < 4.78 is 6.97. The zero-order chi connectivity index (χ0) is 18.5. The minimum atomic E-state index is -0.458. The van der Waals surface area contributed by atoms with Gasteiger partial charge >= 0.3 is 0 Å². The van der Waals surface area contributed by atoms with Crippen LogP contribution in [0.3, 0.4) is 0 Å². The molecule has 1 fully saturated rings. The number of methoxy groups -OCH3 is 1. The topological polar surface area (TPSA) is 120 Å². The summed E-state index contributed by atoms with van der Waals surface area (Å²) in [6, 6.07) is 5.74. The predicted molar refractivity (Wildman–Crippen MR) is 97.4 cm³/mol. The quantitative estimate of drug-likeness (QED) is 0.460. The Balaban J connectivity index is 1.84. The fourth-order valence-corrected chi connectivity index (χ4v) is 2.64. The number of amides is 1. The highest BCUT2D eigenvalue weighted by atomic mass is 16.5. The number of aromatic nitrogens is 4. The molecule has 0 bridgehead atoms. The molecule has 26 heavy (non-hydrogen) atoms. The van der Waals surface area contributed by atoms with Crippen molar-refractivity contribution in [1.29, 1.82) is 0 Å². The number of carbonyl (C=O) groups excluding carboxylic acids is 1. The SMILES string of the molecule is CN=CC(C(=O)Nc1cccc(-c2nncn2C2CCC2)n1)=C(N)OC. The van der Waals surface area contributed by atoms with Crippen molar-refractivity contribution in [2.45, 2.75) is 25.3 Å². The van der Waals surface area contributed by atoms with Gasteiger partial charge in [-0.2, -0.15) is 0 Å². The Hall–Kier alpha value is -3.23. The number of hydrogen-bond acceptors (Lipinski definition) is 7. The molecule has 0 aromatic carbocycles. The Morgan fingerprint density at radius 3 is 2.92 bits per heavy atom. The van der Waals surface area contributed by atoms with Crippen LogP contribution in [0.25, 0.3) is 11.5 Å². The standard InChI is InChI=1S/C17H21N7O2/c1-19-9-12(15(18)26-2)17(25)22-14-8-4-7-13(21-14)16-23-20-10-24(16)11-5-3-6-11/h4,7-11H,3,5-6,18H2,1-2H3,(H,21,22,25). The summed E-state index contributed by atoms with van der Waals surface area (Å²) in [6.45, 7) is 0. The van der Waals surface area contributed by atoms with E-state index in [0.29, 0.717) is 23.4 Å². The average Bonchev–Trinajstić information content (AvgIpc) is 3.06. The molecule has 2 aromatic heterocycles. The normalized spacial score (nSPS) is 15.5. The minimum absolute atomic E-state index is 0.0195. The van der Waals surface area contributed by atoms with Crippen molar-refractivity contribution < 1.29 is 9.53 Å². The number of nitrogens with two attached hydrogens (primary N) is 1. The first-order valence-corrected chi connectivity index (χ1v) is 8.28. The zero-order valence-corrected chi connectivity index (χ0v) is 14.7. The Morgan fingerprint density at radius 1 is 1.46 bits per heavy atom. The van der Waals surface area contributed by atoms with Gasteiger partial charge < -0.3 is 20.4 Å². The summed E-state index contributed by atoms with van der Waals surface area (Å²) in [5, 5.41) is 10.9.